The lowest BCUT2D eigenvalue weighted by Crippen LogP contribution is -2.30. The average molecular weight is 300 g/mol. The van der Waals surface area contributed by atoms with Gasteiger partial charge in [0.25, 0.3) is 11.8 Å². The molecule has 0 aromatic heterocycles. The first-order chi connectivity index (χ1) is 10.6. The number of hydrogen-bond donors (Lipinski definition) is 0. The molecule has 1 aliphatic heterocycles. The van der Waals surface area contributed by atoms with Crippen LogP contribution in [0.4, 0.5) is 0 Å². The lowest BCUT2D eigenvalue weighted by Gasteiger charge is -2.13. The highest BCUT2D eigenvalue weighted by molar-refractivity contribution is 6.21. The number of rotatable bonds is 6. The molecule has 0 spiro atoms. The van der Waals surface area contributed by atoms with Crippen LogP contribution < -0.4 is 0 Å². The van der Waals surface area contributed by atoms with E-state index in [-0.39, 0.29) is 18.4 Å². The molecule has 0 fully saturated rings. The van der Waals surface area contributed by atoms with Crippen molar-refractivity contribution < 1.29 is 19.1 Å². The van der Waals surface area contributed by atoms with E-state index in [0.717, 1.165) is 0 Å². The molecule has 0 bridgehead atoms. The maximum atomic E-state index is 12.1. The first-order valence-electron chi connectivity index (χ1n) is 7.02. The van der Waals surface area contributed by atoms with Crippen molar-refractivity contribution in [1.29, 1.82) is 5.26 Å². The number of hydrogen-bond acceptors (Lipinski definition) is 5. The Morgan fingerprint density at radius 3 is 2.32 bits per heavy atom. The predicted octanol–water partition coefficient (Wildman–Crippen LogP) is 1.77. The van der Waals surface area contributed by atoms with E-state index >= 15 is 0 Å². The van der Waals surface area contributed by atoms with Crippen molar-refractivity contribution >= 4 is 17.8 Å². The summed E-state index contributed by atoms with van der Waals surface area (Å²) < 4.78 is 4.53. The van der Waals surface area contributed by atoms with Gasteiger partial charge in [0.1, 0.15) is 5.92 Å². The van der Waals surface area contributed by atoms with Crippen LogP contribution >= 0.6 is 0 Å². The molecule has 1 atom stereocenters. The Kier molecular flexibility index (Phi) is 4.89. The number of carbonyl (C=O) groups is 3. The van der Waals surface area contributed by atoms with Crippen LogP contribution in [0.3, 0.4) is 0 Å². The summed E-state index contributed by atoms with van der Waals surface area (Å²) >= 11 is 0. The zero-order chi connectivity index (χ0) is 16.1. The Morgan fingerprint density at radius 2 is 1.82 bits per heavy atom. The topological polar surface area (TPSA) is 87.5 Å². The number of nitriles is 1. The van der Waals surface area contributed by atoms with Crippen molar-refractivity contribution in [1.82, 2.24) is 4.90 Å². The van der Waals surface area contributed by atoms with Crippen molar-refractivity contribution in [2.24, 2.45) is 5.92 Å². The lowest BCUT2D eigenvalue weighted by molar-refractivity contribution is -0.143. The SMILES string of the molecule is COC(=O)C(C#N)CCCCN1C(=O)c2ccccc2C1=O. The third-order valence-corrected chi connectivity index (χ3v) is 3.64. The van der Waals surface area contributed by atoms with Crippen molar-refractivity contribution in [2.45, 2.75) is 19.3 Å². The molecule has 22 heavy (non-hydrogen) atoms. The first-order valence-corrected chi connectivity index (χ1v) is 7.02. The number of benzene rings is 1. The van der Waals surface area contributed by atoms with E-state index in [9.17, 15) is 14.4 Å². The average Bonchev–Trinajstić information content (AvgIpc) is 2.79. The van der Waals surface area contributed by atoms with Gasteiger partial charge in [-0.1, -0.05) is 12.1 Å². The van der Waals surface area contributed by atoms with Crippen molar-refractivity contribution in [2.75, 3.05) is 13.7 Å². The van der Waals surface area contributed by atoms with Crippen LogP contribution in [-0.2, 0) is 9.53 Å². The maximum Gasteiger partial charge on any atom is 0.323 e. The fourth-order valence-electron chi connectivity index (χ4n) is 2.44. The quantitative estimate of drug-likeness (QED) is 0.454. The summed E-state index contributed by atoms with van der Waals surface area (Å²) in [7, 11) is 1.24. The van der Waals surface area contributed by atoms with Crippen LogP contribution in [0, 0.1) is 17.2 Å². The molecule has 1 aliphatic rings. The molecule has 114 valence electrons. The van der Waals surface area contributed by atoms with Crippen molar-refractivity contribution in [3.63, 3.8) is 0 Å². The Labute approximate surface area is 128 Å². The van der Waals surface area contributed by atoms with Gasteiger partial charge in [-0.2, -0.15) is 5.26 Å². The van der Waals surface area contributed by atoms with Gasteiger partial charge in [-0.3, -0.25) is 19.3 Å². The summed E-state index contributed by atoms with van der Waals surface area (Å²) in [6.07, 6.45) is 1.45. The number of imide groups is 1. The molecule has 0 N–H and O–H groups in total. The number of fused-ring (bicyclic) bond motifs is 1. The second kappa shape index (κ2) is 6.85. The maximum absolute atomic E-state index is 12.1. The largest absolute Gasteiger partial charge is 0.468 e. The van der Waals surface area contributed by atoms with E-state index in [0.29, 0.717) is 30.4 Å². The van der Waals surface area contributed by atoms with Gasteiger partial charge in [-0.05, 0) is 31.4 Å². The van der Waals surface area contributed by atoms with Gasteiger partial charge in [0.15, 0.2) is 0 Å². The molecule has 2 rings (SSSR count). The number of nitrogens with zero attached hydrogens (tertiary/aromatic N) is 2. The van der Waals surface area contributed by atoms with Crippen LogP contribution in [0.1, 0.15) is 40.0 Å². The third kappa shape index (κ3) is 2.98. The zero-order valence-corrected chi connectivity index (χ0v) is 12.2. The molecule has 0 saturated heterocycles. The minimum atomic E-state index is -0.799. The summed E-state index contributed by atoms with van der Waals surface area (Å²) in [6, 6.07) is 8.61. The molecular weight excluding hydrogens is 284 g/mol. The highest BCUT2D eigenvalue weighted by atomic mass is 16.5. The van der Waals surface area contributed by atoms with Gasteiger partial charge < -0.3 is 4.74 Å². The summed E-state index contributed by atoms with van der Waals surface area (Å²) in [6.45, 7) is 0.283. The van der Waals surface area contributed by atoms with Gasteiger partial charge in [0.05, 0.1) is 24.3 Å². The summed E-state index contributed by atoms with van der Waals surface area (Å²) in [5, 5.41) is 8.87. The number of carbonyl (C=O) groups excluding carboxylic acids is 3. The van der Waals surface area contributed by atoms with Gasteiger partial charge in [0, 0.05) is 6.54 Å². The highest BCUT2D eigenvalue weighted by Gasteiger charge is 2.34. The van der Waals surface area contributed by atoms with Gasteiger partial charge in [0.2, 0.25) is 0 Å². The van der Waals surface area contributed by atoms with Crippen molar-refractivity contribution in [3.05, 3.63) is 35.4 Å². The number of esters is 1. The first kappa shape index (κ1) is 15.7. The Bertz CT molecular complexity index is 613. The number of unbranched alkanes of at least 4 members (excludes halogenated alkanes) is 1. The van der Waals surface area contributed by atoms with E-state index in [1.165, 1.54) is 12.0 Å². The molecule has 6 heteroatoms. The van der Waals surface area contributed by atoms with Crippen LogP contribution in [-0.4, -0.2) is 36.3 Å². The second-order valence-electron chi connectivity index (χ2n) is 5.01. The summed E-state index contributed by atoms with van der Waals surface area (Å²) in [5.41, 5.74) is 0.855. The fourth-order valence-corrected chi connectivity index (χ4v) is 2.44. The molecular formula is C16H16N2O4. The molecule has 0 radical (unpaired) electrons. The van der Waals surface area contributed by atoms with E-state index in [4.69, 9.17) is 5.26 Å². The fraction of sp³-hybridized carbons (Fsp3) is 0.375. The molecule has 2 amide bonds. The number of amides is 2. The number of methoxy groups -OCH3 is 1. The zero-order valence-electron chi connectivity index (χ0n) is 12.2. The Morgan fingerprint density at radius 1 is 1.23 bits per heavy atom. The van der Waals surface area contributed by atoms with E-state index in [2.05, 4.69) is 4.74 Å². The third-order valence-electron chi connectivity index (χ3n) is 3.64. The molecule has 1 aromatic carbocycles. The highest BCUT2D eigenvalue weighted by Crippen LogP contribution is 2.23. The van der Waals surface area contributed by atoms with E-state index in [1.54, 1.807) is 24.3 Å². The Balaban J connectivity index is 1.87. The van der Waals surface area contributed by atoms with Gasteiger partial charge in [-0.25, -0.2) is 0 Å². The van der Waals surface area contributed by atoms with Crippen molar-refractivity contribution in [3.8, 4) is 6.07 Å². The normalized spacial score (nSPS) is 14.5. The van der Waals surface area contributed by atoms with Crippen LogP contribution in [0.2, 0.25) is 0 Å². The molecule has 6 nitrogen and oxygen atoms in total. The van der Waals surface area contributed by atoms with Crippen LogP contribution in [0.25, 0.3) is 0 Å². The standard InChI is InChI=1S/C16H16N2O4/c1-22-16(21)11(10-17)6-4-5-9-18-14(19)12-7-2-3-8-13(12)15(18)20/h2-3,7-8,11H,4-6,9H2,1H3. The van der Waals surface area contributed by atoms with Gasteiger partial charge in [-0.15, -0.1) is 0 Å². The predicted molar refractivity (Wildman–Crippen MR) is 76.8 cm³/mol. The van der Waals surface area contributed by atoms with Gasteiger partial charge >= 0.3 is 5.97 Å². The van der Waals surface area contributed by atoms with E-state index < -0.39 is 11.9 Å². The minimum absolute atomic E-state index is 0.283. The minimum Gasteiger partial charge on any atom is -0.468 e. The van der Waals surface area contributed by atoms with Crippen LogP contribution in [0.5, 0.6) is 0 Å². The smallest absolute Gasteiger partial charge is 0.323 e. The molecule has 1 heterocycles. The molecule has 1 unspecified atom stereocenters. The monoisotopic (exact) mass is 300 g/mol. The Hall–Kier alpha value is -2.68. The van der Waals surface area contributed by atoms with E-state index in [1.807, 2.05) is 6.07 Å². The molecule has 0 saturated carbocycles. The second-order valence-corrected chi connectivity index (χ2v) is 5.01. The molecule has 1 aromatic rings. The number of ether oxygens (including phenoxy) is 1. The lowest BCUT2D eigenvalue weighted by atomic mass is 10.0. The van der Waals surface area contributed by atoms with Crippen LogP contribution in [0.15, 0.2) is 24.3 Å². The summed E-state index contributed by atoms with van der Waals surface area (Å²) in [5.74, 6) is -1.92. The summed E-state index contributed by atoms with van der Waals surface area (Å²) in [4.78, 5) is 36.7. The molecule has 0 aliphatic carbocycles.